The lowest BCUT2D eigenvalue weighted by Crippen LogP contribution is -2.04. The number of nitrogens with one attached hydrogen (secondary N) is 1. The Balaban J connectivity index is 2.19. The molecule has 0 heterocycles. The van der Waals surface area contributed by atoms with Crippen LogP contribution in [0.3, 0.4) is 0 Å². The van der Waals surface area contributed by atoms with Crippen LogP contribution in [0.4, 0.5) is 20.2 Å². The second kappa shape index (κ2) is 6.17. The fourth-order valence-corrected chi connectivity index (χ4v) is 1.89. The number of ether oxygens (including phenoxy) is 1. The highest BCUT2D eigenvalue weighted by Crippen LogP contribution is 2.26. The summed E-state index contributed by atoms with van der Waals surface area (Å²) in [5, 5.41) is 13.6. The van der Waals surface area contributed by atoms with Crippen molar-refractivity contribution in [2.75, 3.05) is 12.4 Å². The standard InChI is InChI=1S/C14H12F2N2O3/c1-21-14-10(15)6-9(7-11(14)16)8-17-12-4-2-3-5-13(12)18(19)20/h2-7,17H,8H2,1H3. The Morgan fingerprint density at radius 2 is 1.86 bits per heavy atom. The first-order chi connectivity index (χ1) is 10.0. The van der Waals surface area contributed by atoms with E-state index in [0.717, 1.165) is 12.1 Å². The topological polar surface area (TPSA) is 64.4 Å². The molecule has 0 saturated heterocycles. The third kappa shape index (κ3) is 3.25. The number of anilines is 1. The van der Waals surface area contributed by atoms with E-state index in [-0.39, 0.29) is 17.9 Å². The largest absolute Gasteiger partial charge is 0.491 e. The van der Waals surface area contributed by atoms with E-state index in [1.807, 2.05) is 0 Å². The number of halogens is 2. The summed E-state index contributed by atoms with van der Waals surface area (Å²) >= 11 is 0. The number of hydrogen-bond acceptors (Lipinski definition) is 4. The van der Waals surface area contributed by atoms with Crippen LogP contribution in [0.15, 0.2) is 36.4 Å². The Morgan fingerprint density at radius 3 is 2.43 bits per heavy atom. The molecule has 7 heteroatoms. The lowest BCUT2D eigenvalue weighted by Gasteiger charge is -2.09. The van der Waals surface area contributed by atoms with E-state index >= 15 is 0 Å². The number of benzene rings is 2. The molecule has 0 unspecified atom stereocenters. The van der Waals surface area contributed by atoms with E-state index in [4.69, 9.17) is 0 Å². The molecule has 110 valence electrons. The SMILES string of the molecule is COc1c(F)cc(CNc2ccccc2[N+](=O)[O-])cc1F. The predicted molar refractivity (Wildman–Crippen MR) is 73.3 cm³/mol. The third-order valence-electron chi connectivity index (χ3n) is 2.85. The van der Waals surface area contributed by atoms with Gasteiger partial charge in [-0.25, -0.2) is 8.78 Å². The van der Waals surface area contributed by atoms with Crippen molar-refractivity contribution in [1.29, 1.82) is 0 Å². The van der Waals surface area contributed by atoms with Crippen LogP contribution in [-0.4, -0.2) is 12.0 Å². The summed E-state index contributed by atoms with van der Waals surface area (Å²) in [5.74, 6) is -2.10. The fraction of sp³-hybridized carbons (Fsp3) is 0.143. The number of nitrogens with zero attached hydrogens (tertiary/aromatic N) is 1. The molecule has 0 aliphatic heterocycles. The van der Waals surface area contributed by atoms with Crippen LogP contribution in [0.5, 0.6) is 5.75 Å². The molecule has 0 fully saturated rings. The van der Waals surface area contributed by atoms with E-state index < -0.39 is 22.3 Å². The molecular weight excluding hydrogens is 282 g/mol. The maximum absolute atomic E-state index is 13.5. The van der Waals surface area contributed by atoms with Gasteiger partial charge in [-0.2, -0.15) is 0 Å². The minimum absolute atomic E-state index is 0.0443. The zero-order chi connectivity index (χ0) is 15.4. The molecule has 0 amide bonds. The summed E-state index contributed by atoms with van der Waals surface area (Å²) < 4.78 is 31.7. The predicted octanol–water partition coefficient (Wildman–Crippen LogP) is 3.49. The Bertz CT molecular complexity index is 654. The molecule has 0 atom stereocenters. The number of methoxy groups -OCH3 is 1. The van der Waals surface area contributed by atoms with Gasteiger partial charge >= 0.3 is 0 Å². The second-order valence-corrected chi connectivity index (χ2v) is 4.22. The van der Waals surface area contributed by atoms with Gasteiger partial charge in [0.15, 0.2) is 17.4 Å². The number of rotatable bonds is 5. The first-order valence-electron chi connectivity index (χ1n) is 6.02. The molecule has 0 aromatic heterocycles. The van der Waals surface area contributed by atoms with Crippen molar-refractivity contribution >= 4 is 11.4 Å². The molecule has 0 aliphatic rings. The highest BCUT2D eigenvalue weighted by atomic mass is 19.1. The monoisotopic (exact) mass is 294 g/mol. The van der Waals surface area contributed by atoms with Crippen molar-refractivity contribution in [3.63, 3.8) is 0 Å². The van der Waals surface area contributed by atoms with Crippen LogP contribution in [0.2, 0.25) is 0 Å². The minimum atomic E-state index is -0.822. The number of hydrogen-bond donors (Lipinski definition) is 1. The summed E-state index contributed by atoms with van der Waals surface area (Å²) in [6.45, 7) is 0.0443. The van der Waals surface area contributed by atoms with Gasteiger partial charge in [-0.1, -0.05) is 12.1 Å². The molecule has 2 rings (SSSR count). The van der Waals surface area contributed by atoms with Crippen molar-refractivity contribution in [3.8, 4) is 5.75 Å². The second-order valence-electron chi connectivity index (χ2n) is 4.22. The van der Waals surface area contributed by atoms with Gasteiger partial charge < -0.3 is 10.1 Å². The Kier molecular flexibility index (Phi) is 4.32. The fourth-order valence-electron chi connectivity index (χ4n) is 1.89. The first kappa shape index (κ1) is 14.7. The van der Waals surface area contributed by atoms with E-state index in [1.54, 1.807) is 6.07 Å². The van der Waals surface area contributed by atoms with Crippen LogP contribution >= 0.6 is 0 Å². The molecule has 0 spiro atoms. The van der Waals surface area contributed by atoms with Gasteiger partial charge in [0.1, 0.15) is 5.69 Å². The van der Waals surface area contributed by atoms with Crippen molar-refractivity contribution in [2.24, 2.45) is 0 Å². The van der Waals surface area contributed by atoms with E-state index in [1.165, 1.54) is 25.3 Å². The Morgan fingerprint density at radius 1 is 1.24 bits per heavy atom. The zero-order valence-corrected chi connectivity index (χ0v) is 11.1. The summed E-state index contributed by atoms with van der Waals surface area (Å²) in [6.07, 6.45) is 0. The van der Waals surface area contributed by atoms with E-state index in [9.17, 15) is 18.9 Å². The molecule has 0 saturated carbocycles. The van der Waals surface area contributed by atoms with E-state index in [0.29, 0.717) is 5.56 Å². The van der Waals surface area contributed by atoms with Crippen molar-refractivity contribution in [1.82, 2.24) is 0 Å². The minimum Gasteiger partial charge on any atom is -0.491 e. The molecule has 2 aromatic rings. The molecule has 0 radical (unpaired) electrons. The van der Waals surface area contributed by atoms with Crippen LogP contribution in [-0.2, 0) is 6.54 Å². The molecule has 2 aromatic carbocycles. The van der Waals surface area contributed by atoms with E-state index in [2.05, 4.69) is 10.1 Å². The van der Waals surface area contributed by atoms with Gasteiger partial charge in [0.2, 0.25) is 0 Å². The highest BCUT2D eigenvalue weighted by molar-refractivity contribution is 5.61. The van der Waals surface area contributed by atoms with Gasteiger partial charge in [0.05, 0.1) is 12.0 Å². The lowest BCUT2D eigenvalue weighted by atomic mass is 10.2. The number of nitro benzene ring substituents is 1. The van der Waals surface area contributed by atoms with Gasteiger partial charge in [0.25, 0.3) is 5.69 Å². The lowest BCUT2D eigenvalue weighted by molar-refractivity contribution is -0.384. The van der Waals surface area contributed by atoms with Crippen LogP contribution in [0, 0.1) is 21.7 Å². The van der Waals surface area contributed by atoms with Gasteiger partial charge in [-0.05, 0) is 23.8 Å². The van der Waals surface area contributed by atoms with Gasteiger partial charge in [0, 0.05) is 12.6 Å². The average Bonchev–Trinajstić information content (AvgIpc) is 2.45. The Labute approximate surface area is 119 Å². The van der Waals surface area contributed by atoms with Crippen molar-refractivity contribution < 1.29 is 18.4 Å². The smallest absolute Gasteiger partial charge is 0.292 e. The average molecular weight is 294 g/mol. The normalized spacial score (nSPS) is 10.2. The maximum Gasteiger partial charge on any atom is 0.292 e. The first-order valence-corrected chi connectivity index (χ1v) is 6.02. The molecular formula is C14H12F2N2O3. The number of para-hydroxylation sites is 2. The molecule has 5 nitrogen and oxygen atoms in total. The molecule has 0 bridgehead atoms. The maximum atomic E-state index is 13.5. The third-order valence-corrected chi connectivity index (χ3v) is 2.85. The molecule has 0 aliphatic carbocycles. The summed E-state index contributed by atoms with van der Waals surface area (Å²) in [4.78, 5) is 10.3. The van der Waals surface area contributed by atoms with Crippen molar-refractivity contribution in [3.05, 3.63) is 63.7 Å². The van der Waals surface area contributed by atoms with Gasteiger partial charge in [-0.15, -0.1) is 0 Å². The summed E-state index contributed by atoms with van der Waals surface area (Å²) in [6, 6.07) is 8.26. The van der Waals surface area contributed by atoms with Crippen LogP contribution in [0.25, 0.3) is 0 Å². The van der Waals surface area contributed by atoms with Crippen molar-refractivity contribution in [2.45, 2.75) is 6.54 Å². The summed E-state index contributed by atoms with van der Waals surface area (Å²) in [7, 11) is 1.17. The van der Waals surface area contributed by atoms with Crippen LogP contribution in [0.1, 0.15) is 5.56 Å². The number of nitro groups is 1. The molecule has 1 N–H and O–H groups in total. The van der Waals surface area contributed by atoms with Gasteiger partial charge in [-0.3, -0.25) is 10.1 Å². The summed E-state index contributed by atoms with van der Waals surface area (Å²) in [5.41, 5.74) is 0.482. The quantitative estimate of drug-likeness (QED) is 0.677. The zero-order valence-electron chi connectivity index (χ0n) is 11.1. The Hall–Kier alpha value is -2.70. The van der Waals surface area contributed by atoms with Crippen LogP contribution < -0.4 is 10.1 Å². The highest BCUT2D eigenvalue weighted by Gasteiger charge is 2.14. The molecule has 21 heavy (non-hydrogen) atoms.